The zero-order valence-electron chi connectivity index (χ0n) is 28.5. The van der Waals surface area contributed by atoms with E-state index in [1.165, 1.54) is 0 Å². The number of nitrogens with two attached hydrogens (primary N) is 5. The molecule has 4 unspecified atom stereocenters. The molecule has 1 heterocycles. The van der Waals surface area contributed by atoms with Crippen LogP contribution < -0.4 is 34.0 Å². The summed E-state index contributed by atoms with van der Waals surface area (Å²) in [5, 5.41) is 67.8. The van der Waals surface area contributed by atoms with Crippen LogP contribution in [0.5, 0.6) is 0 Å². The first-order valence-electron chi connectivity index (χ1n) is 15.2. The van der Waals surface area contributed by atoms with Crippen molar-refractivity contribution in [2.24, 2.45) is 34.6 Å². The SMILES string of the molecule is CC(C)CC(N)C(=O)O.NC(CCC(=O)O)C(=O)O.NC(CO)C(=O)O.NC(Cc1ccccc1)C(=O)O.NCC(=O)O.O=C(O)[C@@H]1CCCN1. The number of nitrogens with one attached hydrogen (secondary N) is 1. The lowest BCUT2D eigenvalue weighted by Gasteiger charge is -2.07. The maximum atomic E-state index is 10.4. The number of aliphatic carboxylic acids is 7. The molecule has 1 aliphatic heterocycles. The van der Waals surface area contributed by atoms with Crippen molar-refractivity contribution < 1.29 is 74.4 Å². The second kappa shape index (κ2) is 32.4. The van der Waals surface area contributed by atoms with Crippen LogP contribution in [0.3, 0.4) is 0 Å². The maximum absolute atomic E-state index is 10.4. The van der Waals surface area contributed by atoms with E-state index >= 15 is 0 Å². The molecule has 5 atom stereocenters. The van der Waals surface area contributed by atoms with Crippen LogP contribution in [0.4, 0.5) is 0 Å². The summed E-state index contributed by atoms with van der Waals surface area (Å²) in [4.78, 5) is 69.4. The van der Waals surface area contributed by atoms with Gasteiger partial charge in [0.1, 0.15) is 30.2 Å². The molecule has 19 N–H and O–H groups in total. The molecule has 1 aliphatic rings. The van der Waals surface area contributed by atoms with Gasteiger partial charge < -0.3 is 74.8 Å². The van der Waals surface area contributed by atoms with Gasteiger partial charge in [0, 0.05) is 6.42 Å². The van der Waals surface area contributed by atoms with Gasteiger partial charge in [0.15, 0.2) is 0 Å². The van der Waals surface area contributed by atoms with Gasteiger partial charge in [0.05, 0.1) is 13.2 Å². The summed E-state index contributed by atoms with van der Waals surface area (Å²) in [6, 6.07) is 5.40. The van der Waals surface area contributed by atoms with Gasteiger partial charge in [-0.25, -0.2) is 0 Å². The van der Waals surface area contributed by atoms with Crippen molar-refractivity contribution in [1.82, 2.24) is 5.32 Å². The molecule has 1 aromatic carbocycles. The quantitative estimate of drug-likeness (QED) is 0.0944. The van der Waals surface area contributed by atoms with Crippen LogP contribution in [0.1, 0.15) is 51.5 Å². The minimum atomic E-state index is -1.18. The minimum absolute atomic E-state index is 0.0231. The Kier molecular flexibility index (Phi) is 33.7. The molecule has 1 aromatic rings. The molecular weight excluding hydrogens is 684 g/mol. The van der Waals surface area contributed by atoms with Crippen molar-refractivity contribution in [2.45, 2.75) is 82.6 Å². The van der Waals surface area contributed by atoms with E-state index in [0.29, 0.717) is 18.8 Å². The lowest BCUT2D eigenvalue weighted by molar-refractivity contribution is -0.141. The van der Waals surface area contributed by atoms with Crippen molar-refractivity contribution in [3.05, 3.63) is 35.9 Å². The third kappa shape index (κ3) is 37.9. The van der Waals surface area contributed by atoms with Crippen LogP contribution in [0.25, 0.3) is 0 Å². The van der Waals surface area contributed by atoms with Gasteiger partial charge in [-0.05, 0) is 50.1 Å². The smallest absolute Gasteiger partial charge is 0.322 e. The van der Waals surface area contributed by atoms with Gasteiger partial charge in [-0.3, -0.25) is 33.6 Å². The van der Waals surface area contributed by atoms with Gasteiger partial charge in [0.2, 0.25) is 0 Å². The lowest BCUT2D eigenvalue weighted by Crippen LogP contribution is -2.33. The zero-order valence-corrected chi connectivity index (χ0v) is 28.5. The van der Waals surface area contributed by atoms with Crippen molar-refractivity contribution in [1.29, 1.82) is 0 Å². The second-order valence-corrected chi connectivity index (χ2v) is 10.8. The van der Waals surface area contributed by atoms with Crippen LogP contribution in [0.2, 0.25) is 0 Å². The fourth-order valence-corrected chi connectivity index (χ4v) is 2.94. The second-order valence-electron chi connectivity index (χ2n) is 10.8. The van der Waals surface area contributed by atoms with E-state index in [1.807, 2.05) is 44.2 Å². The Bertz CT molecular complexity index is 1150. The molecule has 0 spiro atoms. The number of hydrogen-bond acceptors (Lipinski definition) is 14. The third-order valence-corrected chi connectivity index (χ3v) is 5.69. The van der Waals surface area contributed by atoms with Crippen LogP contribution in [0.15, 0.2) is 30.3 Å². The predicted molar refractivity (Wildman–Crippen MR) is 181 cm³/mol. The number of benzene rings is 1. The molecule has 0 radical (unpaired) electrons. The molecular formula is C30H54N6O15. The summed E-state index contributed by atoms with van der Waals surface area (Å²) in [5.41, 5.74) is 25.9. The Morgan fingerprint density at radius 1 is 0.725 bits per heavy atom. The highest BCUT2D eigenvalue weighted by molar-refractivity contribution is 5.75. The number of rotatable bonds is 14. The Labute approximate surface area is 294 Å². The van der Waals surface area contributed by atoms with Crippen molar-refractivity contribution in [3.8, 4) is 0 Å². The molecule has 21 heteroatoms. The summed E-state index contributed by atoms with van der Waals surface area (Å²) < 4.78 is 0. The Morgan fingerprint density at radius 3 is 1.41 bits per heavy atom. The van der Waals surface area contributed by atoms with Gasteiger partial charge in [-0.2, -0.15) is 0 Å². The van der Waals surface area contributed by atoms with E-state index in [2.05, 4.69) is 11.1 Å². The summed E-state index contributed by atoms with van der Waals surface area (Å²) >= 11 is 0. The number of carboxylic acids is 7. The molecule has 51 heavy (non-hydrogen) atoms. The van der Waals surface area contributed by atoms with E-state index in [0.717, 1.165) is 24.9 Å². The van der Waals surface area contributed by atoms with E-state index in [9.17, 15) is 33.6 Å². The van der Waals surface area contributed by atoms with E-state index in [4.69, 9.17) is 63.8 Å². The molecule has 0 amide bonds. The number of carboxylic acid groups (broad SMARTS) is 7. The van der Waals surface area contributed by atoms with Crippen LogP contribution in [-0.2, 0) is 40.0 Å². The van der Waals surface area contributed by atoms with Crippen LogP contribution in [0, 0.1) is 5.92 Å². The number of hydrogen-bond donors (Lipinski definition) is 14. The molecule has 0 aromatic heterocycles. The largest absolute Gasteiger partial charge is 0.481 e. The average Bonchev–Trinajstić information content (AvgIpc) is 3.60. The Hall–Kier alpha value is -4.77. The highest BCUT2D eigenvalue weighted by Gasteiger charge is 2.20. The first-order valence-corrected chi connectivity index (χ1v) is 15.2. The number of aliphatic hydroxyl groups excluding tert-OH is 1. The van der Waals surface area contributed by atoms with Crippen LogP contribution in [-0.4, -0.2) is 133 Å². The van der Waals surface area contributed by atoms with Gasteiger partial charge in [0.25, 0.3) is 0 Å². The average molecular weight is 739 g/mol. The monoisotopic (exact) mass is 738 g/mol. The first-order chi connectivity index (χ1) is 23.5. The van der Waals surface area contributed by atoms with Gasteiger partial charge >= 0.3 is 41.8 Å². The fraction of sp³-hybridized carbons (Fsp3) is 0.567. The van der Waals surface area contributed by atoms with E-state index in [1.54, 1.807) is 0 Å². The summed E-state index contributed by atoms with van der Waals surface area (Å²) in [7, 11) is 0. The fourth-order valence-electron chi connectivity index (χ4n) is 2.94. The summed E-state index contributed by atoms with van der Waals surface area (Å²) in [6.07, 6.45) is 2.50. The zero-order chi connectivity index (χ0) is 40.7. The predicted octanol–water partition coefficient (Wildman–Crippen LogP) is -2.41. The van der Waals surface area contributed by atoms with Crippen molar-refractivity contribution >= 4 is 41.8 Å². The molecule has 1 saturated heterocycles. The molecule has 1 fully saturated rings. The van der Waals surface area contributed by atoms with Crippen LogP contribution >= 0.6 is 0 Å². The normalized spacial score (nSPS) is 14.8. The highest BCUT2D eigenvalue weighted by atomic mass is 16.4. The topological polar surface area (TPSA) is 423 Å². The molecule has 21 nitrogen and oxygen atoms in total. The Morgan fingerprint density at radius 2 is 1.18 bits per heavy atom. The maximum Gasteiger partial charge on any atom is 0.322 e. The number of carbonyl (C=O) groups is 7. The molecule has 0 bridgehead atoms. The van der Waals surface area contributed by atoms with Crippen molar-refractivity contribution in [2.75, 3.05) is 19.7 Å². The van der Waals surface area contributed by atoms with Gasteiger partial charge in [-0.15, -0.1) is 0 Å². The van der Waals surface area contributed by atoms with E-state index < -0.39 is 72.6 Å². The van der Waals surface area contributed by atoms with E-state index in [-0.39, 0.29) is 25.4 Å². The first kappa shape index (κ1) is 53.0. The molecule has 0 saturated carbocycles. The van der Waals surface area contributed by atoms with Gasteiger partial charge in [-0.1, -0.05) is 44.2 Å². The highest BCUT2D eigenvalue weighted by Crippen LogP contribution is 2.04. The lowest BCUT2D eigenvalue weighted by atomic mass is 10.1. The standard InChI is InChI=1S/C9H11NO2.C6H13NO2.C5H9NO4.C5H9NO2.C3H7NO3.C2H5NO2/c10-8(9(11)12)6-7-4-2-1-3-5-7;1-4(2)3-5(7)6(8)9;6-3(5(9)10)1-2-4(7)8;7-5(8)4-2-1-3-6-4;4-2(1-5)3(6)7;3-1-2(4)5/h1-5,8H,6,10H2,(H,11,12);4-5H,3,7H2,1-2H3,(H,8,9);3H,1-2,6H2,(H,7,8)(H,9,10);4,6H,1-3H2,(H,7,8);2,5H,1,4H2,(H,6,7);1,3H2,(H,4,5)/t;;;4-;;/m...0../s1. The number of aliphatic hydroxyl groups is 1. The summed E-state index contributed by atoms with van der Waals surface area (Å²) in [6.45, 7) is 3.97. The molecule has 0 aliphatic carbocycles. The molecule has 2 rings (SSSR count). The van der Waals surface area contributed by atoms with Crippen molar-refractivity contribution in [3.63, 3.8) is 0 Å². The third-order valence-electron chi connectivity index (χ3n) is 5.69. The molecule has 294 valence electrons. The Balaban J connectivity index is -0.000000265. The summed E-state index contributed by atoms with van der Waals surface area (Å²) in [5.74, 6) is -6.58. The minimum Gasteiger partial charge on any atom is -0.481 e.